The van der Waals surface area contributed by atoms with E-state index in [0.29, 0.717) is 61.0 Å². The van der Waals surface area contributed by atoms with Gasteiger partial charge in [0.1, 0.15) is 30.5 Å². The second-order valence-electron chi connectivity index (χ2n) is 11.5. The highest BCUT2D eigenvalue weighted by Crippen LogP contribution is 2.35. The Kier molecular flexibility index (Phi) is 10.9. The molecule has 4 aromatic rings. The van der Waals surface area contributed by atoms with Crippen molar-refractivity contribution in [3.63, 3.8) is 0 Å². The molecule has 1 saturated carbocycles. The lowest BCUT2D eigenvalue weighted by atomic mass is 9.90. The number of nitrogens with one attached hydrogen (secondary N) is 1. The van der Waals surface area contributed by atoms with Gasteiger partial charge in [-0.1, -0.05) is 17.7 Å². The number of tetrazole rings is 1. The second kappa shape index (κ2) is 15.6. The molecule has 1 aliphatic carbocycles. The van der Waals surface area contributed by atoms with Crippen LogP contribution >= 0.6 is 11.6 Å². The Bertz CT molecular complexity index is 1510. The number of benzene rings is 1. The SMILES string of the molecule is CCOCCOc1nn(C2CCC(N3CCOCC3)CC2)cc1Nc1ncc(-c2ccc(Cl)c(O[C@@H](C)Cn3cnnn3)c2)cn1. The van der Waals surface area contributed by atoms with Crippen molar-refractivity contribution in [1.82, 2.24) is 44.9 Å². The summed E-state index contributed by atoms with van der Waals surface area (Å²) in [4.78, 5) is 11.8. The van der Waals surface area contributed by atoms with Gasteiger partial charge in [-0.05, 0) is 67.7 Å². The first-order valence-electron chi connectivity index (χ1n) is 15.9. The molecular formula is C31H41ClN10O4. The lowest BCUT2D eigenvalue weighted by molar-refractivity contribution is 0.00502. The molecule has 0 amide bonds. The molecule has 46 heavy (non-hydrogen) atoms. The fourth-order valence-corrected chi connectivity index (χ4v) is 6.11. The molecule has 0 unspecified atom stereocenters. The first kappa shape index (κ1) is 32.1. The normalized spacial score (nSPS) is 19.5. The van der Waals surface area contributed by atoms with E-state index in [9.17, 15) is 0 Å². The van der Waals surface area contributed by atoms with Crippen LogP contribution in [0, 0.1) is 0 Å². The van der Waals surface area contributed by atoms with Gasteiger partial charge in [0.05, 0.1) is 43.6 Å². The largest absolute Gasteiger partial charge is 0.487 e. The molecule has 6 rings (SSSR count). The summed E-state index contributed by atoms with van der Waals surface area (Å²) in [6, 6.07) is 6.52. The predicted molar refractivity (Wildman–Crippen MR) is 172 cm³/mol. The van der Waals surface area contributed by atoms with Gasteiger partial charge in [-0.25, -0.2) is 14.6 Å². The Labute approximate surface area is 273 Å². The predicted octanol–water partition coefficient (Wildman–Crippen LogP) is 4.42. The van der Waals surface area contributed by atoms with Crippen LogP contribution in [-0.2, 0) is 16.0 Å². The number of morpholine rings is 1. The van der Waals surface area contributed by atoms with Crippen molar-refractivity contribution in [2.75, 3.05) is 51.4 Å². The average molecular weight is 653 g/mol. The minimum Gasteiger partial charge on any atom is -0.487 e. The maximum absolute atomic E-state index is 6.45. The zero-order valence-electron chi connectivity index (χ0n) is 26.3. The van der Waals surface area contributed by atoms with E-state index in [1.165, 1.54) is 0 Å². The molecule has 1 atom stereocenters. The maximum Gasteiger partial charge on any atom is 0.257 e. The molecule has 3 aromatic heterocycles. The van der Waals surface area contributed by atoms with Gasteiger partial charge < -0.3 is 24.3 Å². The molecule has 0 bridgehead atoms. The van der Waals surface area contributed by atoms with E-state index in [2.05, 4.69) is 35.7 Å². The number of rotatable bonds is 14. The first-order valence-corrected chi connectivity index (χ1v) is 16.3. The molecule has 14 nitrogen and oxygen atoms in total. The summed E-state index contributed by atoms with van der Waals surface area (Å²) in [6.07, 6.45) is 11.3. The van der Waals surface area contributed by atoms with E-state index in [-0.39, 0.29) is 6.10 Å². The van der Waals surface area contributed by atoms with Crippen LogP contribution in [0.25, 0.3) is 11.1 Å². The van der Waals surface area contributed by atoms with Crippen LogP contribution in [0.1, 0.15) is 45.6 Å². The van der Waals surface area contributed by atoms with Crippen molar-refractivity contribution in [2.45, 2.75) is 64.3 Å². The molecule has 1 saturated heterocycles. The first-order chi connectivity index (χ1) is 22.6. The summed E-state index contributed by atoms with van der Waals surface area (Å²) >= 11 is 6.45. The van der Waals surface area contributed by atoms with Crippen LogP contribution in [-0.4, -0.2) is 103 Å². The van der Waals surface area contributed by atoms with Crippen molar-refractivity contribution < 1.29 is 18.9 Å². The van der Waals surface area contributed by atoms with Gasteiger partial charge in [0, 0.05) is 43.7 Å². The molecule has 2 aliphatic rings. The Morgan fingerprint density at radius 2 is 1.83 bits per heavy atom. The molecule has 1 aromatic carbocycles. The summed E-state index contributed by atoms with van der Waals surface area (Å²) in [5, 5.41) is 19.9. The van der Waals surface area contributed by atoms with Gasteiger partial charge in [-0.2, -0.15) is 0 Å². The fourth-order valence-electron chi connectivity index (χ4n) is 5.94. The fraction of sp³-hybridized carbons (Fsp3) is 0.548. The van der Waals surface area contributed by atoms with Gasteiger partial charge in [-0.3, -0.25) is 9.58 Å². The smallest absolute Gasteiger partial charge is 0.257 e. The lowest BCUT2D eigenvalue weighted by Gasteiger charge is -2.38. The highest BCUT2D eigenvalue weighted by molar-refractivity contribution is 6.32. The monoisotopic (exact) mass is 652 g/mol. The molecule has 2 fully saturated rings. The summed E-state index contributed by atoms with van der Waals surface area (Å²) in [5.74, 6) is 1.51. The standard InChI is InChI=1S/C31H41ClN10O4/c1-3-43-14-15-45-30-28(20-42(37-30)26-7-5-25(6-8-26)40-10-12-44-13-11-40)36-31-33-17-24(18-34-31)23-4-9-27(32)29(16-23)46-22(2)19-41-21-35-38-39-41/h4,9,16-18,20-22,25-26H,3,5-8,10-15,19H2,1-2H3,(H,33,34,36)/t22-,25?,26?/m0/s1. The van der Waals surface area contributed by atoms with Crippen molar-refractivity contribution in [2.24, 2.45) is 0 Å². The number of anilines is 2. The third kappa shape index (κ3) is 8.29. The number of aromatic nitrogens is 8. The van der Waals surface area contributed by atoms with Crippen LogP contribution < -0.4 is 14.8 Å². The van der Waals surface area contributed by atoms with Crippen molar-refractivity contribution in [3.8, 4) is 22.8 Å². The van der Waals surface area contributed by atoms with Crippen LogP contribution in [0.2, 0.25) is 5.02 Å². The van der Waals surface area contributed by atoms with Crippen LogP contribution in [0.3, 0.4) is 0 Å². The van der Waals surface area contributed by atoms with Crippen LogP contribution in [0.4, 0.5) is 11.6 Å². The Hall–Kier alpha value is -3.85. The van der Waals surface area contributed by atoms with Gasteiger partial charge in [0.25, 0.3) is 5.88 Å². The Morgan fingerprint density at radius 1 is 1.04 bits per heavy atom. The van der Waals surface area contributed by atoms with Crippen molar-refractivity contribution >= 4 is 23.2 Å². The van der Waals surface area contributed by atoms with Gasteiger partial charge in [-0.15, -0.1) is 10.2 Å². The molecule has 15 heteroatoms. The Balaban J connectivity index is 1.12. The highest BCUT2D eigenvalue weighted by atomic mass is 35.5. The second-order valence-corrected chi connectivity index (χ2v) is 11.9. The van der Waals surface area contributed by atoms with E-state index in [4.69, 9.17) is 35.6 Å². The molecule has 1 N–H and O–H groups in total. The van der Waals surface area contributed by atoms with E-state index in [1.54, 1.807) is 29.5 Å². The maximum atomic E-state index is 6.45. The summed E-state index contributed by atoms with van der Waals surface area (Å²) in [5.41, 5.74) is 2.42. The van der Waals surface area contributed by atoms with Crippen LogP contribution in [0.5, 0.6) is 11.6 Å². The topological polar surface area (TPSA) is 139 Å². The molecule has 0 spiro atoms. The Morgan fingerprint density at radius 3 is 2.57 bits per heavy atom. The minimum atomic E-state index is -0.204. The molecule has 1 aliphatic heterocycles. The number of nitrogens with zero attached hydrogens (tertiary/aromatic N) is 9. The number of hydrogen-bond acceptors (Lipinski definition) is 12. The average Bonchev–Trinajstić information content (AvgIpc) is 3.75. The summed E-state index contributed by atoms with van der Waals surface area (Å²) in [7, 11) is 0. The zero-order chi connectivity index (χ0) is 31.7. The quantitative estimate of drug-likeness (QED) is 0.193. The van der Waals surface area contributed by atoms with E-state index >= 15 is 0 Å². The number of ether oxygens (including phenoxy) is 4. The molecule has 246 valence electrons. The zero-order valence-corrected chi connectivity index (χ0v) is 27.1. The molecule has 0 radical (unpaired) electrons. The van der Waals surface area contributed by atoms with Gasteiger partial charge in [0.2, 0.25) is 5.95 Å². The third-order valence-electron chi connectivity index (χ3n) is 8.30. The summed E-state index contributed by atoms with van der Waals surface area (Å²) in [6.45, 7) is 9.62. The minimum absolute atomic E-state index is 0.204. The van der Waals surface area contributed by atoms with Crippen molar-refractivity contribution in [1.29, 1.82) is 0 Å². The third-order valence-corrected chi connectivity index (χ3v) is 8.61. The molecule has 4 heterocycles. The van der Waals surface area contributed by atoms with Gasteiger partial charge >= 0.3 is 0 Å². The van der Waals surface area contributed by atoms with E-state index in [0.717, 1.165) is 68.8 Å². The van der Waals surface area contributed by atoms with Gasteiger partial charge in [0.15, 0.2) is 0 Å². The summed E-state index contributed by atoms with van der Waals surface area (Å²) < 4.78 is 26.8. The highest BCUT2D eigenvalue weighted by Gasteiger charge is 2.29. The number of hydrogen-bond donors (Lipinski definition) is 1. The molecular weight excluding hydrogens is 612 g/mol. The lowest BCUT2D eigenvalue weighted by Crippen LogP contribution is -2.45. The van der Waals surface area contributed by atoms with Crippen molar-refractivity contribution in [3.05, 3.63) is 48.1 Å². The van der Waals surface area contributed by atoms with E-state index in [1.807, 2.05) is 36.9 Å². The van der Waals surface area contributed by atoms with E-state index < -0.39 is 0 Å². The van der Waals surface area contributed by atoms with Crippen LogP contribution in [0.15, 0.2) is 43.1 Å². The number of halogens is 1.